The molecular formula is C27H39BrN8O3SSi. The van der Waals surface area contributed by atoms with Crippen molar-refractivity contribution in [2.24, 2.45) is 0 Å². The molecule has 0 unspecified atom stereocenters. The van der Waals surface area contributed by atoms with E-state index in [1.54, 1.807) is 10.7 Å². The number of nitrogens with one attached hydrogen (secondary N) is 1. The topological polar surface area (TPSA) is 123 Å². The minimum absolute atomic E-state index is 0.347. The molecule has 0 fully saturated rings. The van der Waals surface area contributed by atoms with Gasteiger partial charge in [0.1, 0.15) is 12.6 Å². The van der Waals surface area contributed by atoms with Crippen LogP contribution < -0.4 is 5.32 Å². The van der Waals surface area contributed by atoms with Crippen molar-refractivity contribution in [2.75, 3.05) is 24.7 Å². The van der Waals surface area contributed by atoms with Gasteiger partial charge < -0.3 is 24.6 Å². The number of rotatable bonds is 12. The molecule has 41 heavy (non-hydrogen) atoms. The summed E-state index contributed by atoms with van der Waals surface area (Å²) >= 11 is 4.98. The number of imidazole rings is 1. The first-order chi connectivity index (χ1) is 19.3. The molecule has 3 aromatic heterocycles. The van der Waals surface area contributed by atoms with Crippen LogP contribution in [0.15, 0.2) is 34.0 Å². The number of thioether (sulfide) groups is 1. The number of hydrogen-bond donors (Lipinski definition) is 2. The standard InChI is InChI=1S/C27H39BrN8O3SSi/c1-27(2,3)35(26(37)38)12-11-18-9-8-10-20-22(18)34(17-39-13-14-41(5,6)7)21(31-20)16-29-24-33-25(40-4)32-23-19(28)15-30-36(23)24/h8-10,15H,11-14,16-17H2,1-7H3,(H,37,38)(H,29,32,33). The highest BCUT2D eigenvalue weighted by Gasteiger charge is 2.26. The van der Waals surface area contributed by atoms with Gasteiger partial charge in [-0.05, 0) is 67.1 Å². The average molecular weight is 664 g/mol. The number of amides is 1. The van der Waals surface area contributed by atoms with Crippen molar-refractivity contribution >= 4 is 64.5 Å². The third-order valence-electron chi connectivity index (χ3n) is 6.68. The van der Waals surface area contributed by atoms with Gasteiger partial charge in [-0.2, -0.15) is 14.6 Å². The third kappa shape index (κ3) is 7.59. The first kappa shape index (κ1) is 31.3. The predicted octanol–water partition coefficient (Wildman–Crippen LogP) is 6.20. The number of hydrogen-bond acceptors (Lipinski definition) is 8. The molecule has 1 aromatic carbocycles. The number of halogens is 1. The number of benzene rings is 1. The summed E-state index contributed by atoms with van der Waals surface area (Å²) in [5.74, 6) is 1.35. The molecule has 4 aromatic rings. The normalized spacial score (nSPS) is 12.4. The fraction of sp³-hybridized carbons (Fsp3) is 0.519. The molecule has 0 aliphatic rings. The van der Waals surface area contributed by atoms with Crippen LogP contribution in [0.25, 0.3) is 16.7 Å². The second-order valence-electron chi connectivity index (χ2n) is 12.1. The van der Waals surface area contributed by atoms with Crippen LogP contribution in [0.2, 0.25) is 25.7 Å². The molecule has 0 atom stereocenters. The number of fused-ring (bicyclic) bond motifs is 2. The summed E-state index contributed by atoms with van der Waals surface area (Å²) in [6, 6.07) is 7.06. The largest absolute Gasteiger partial charge is 0.465 e. The van der Waals surface area contributed by atoms with Crippen LogP contribution in [0.3, 0.4) is 0 Å². The van der Waals surface area contributed by atoms with Gasteiger partial charge in [0.2, 0.25) is 5.95 Å². The van der Waals surface area contributed by atoms with Crippen LogP contribution in [0.5, 0.6) is 0 Å². The first-order valence-corrected chi connectivity index (χ1v) is 19.3. The molecule has 0 bridgehead atoms. The molecule has 0 spiro atoms. The third-order valence-corrected chi connectivity index (χ3v) is 9.49. The Balaban J connectivity index is 1.68. The van der Waals surface area contributed by atoms with Gasteiger partial charge in [-0.15, -0.1) is 0 Å². The van der Waals surface area contributed by atoms with E-state index in [2.05, 4.69) is 60.5 Å². The summed E-state index contributed by atoms with van der Waals surface area (Å²) in [6.45, 7) is 14.5. The summed E-state index contributed by atoms with van der Waals surface area (Å²) in [6.07, 6.45) is 3.26. The van der Waals surface area contributed by atoms with Crippen molar-refractivity contribution in [2.45, 2.75) is 76.8 Å². The Morgan fingerprint density at radius 2 is 1.98 bits per heavy atom. The predicted molar refractivity (Wildman–Crippen MR) is 170 cm³/mol. The molecule has 1 amide bonds. The number of carboxylic acid groups (broad SMARTS) is 1. The Kier molecular flexibility index (Phi) is 9.66. The van der Waals surface area contributed by atoms with Crippen LogP contribution in [0, 0.1) is 0 Å². The lowest BCUT2D eigenvalue weighted by Crippen LogP contribution is -2.45. The van der Waals surface area contributed by atoms with Crippen LogP contribution in [-0.4, -0.2) is 78.3 Å². The molecule has 11 nitrogen and oxygen atoms in total. The van der Waals surface area contributed by atoms with Gasteiger partial charge >= 0.3 is 6.09 Å². The van der Waals surface area contributed by atoms with Gasteiger partial charge in [-0.1, -0.05) is 43.5 Å². The van der Waals surface area contributed by atoms with Crippen molar-refractivity contribution in [1.29, 1.82) is 0 Å². The monoisotopic (exact) mass is 662 g/mol. The minimum atomic E-state index is -1.26. The summed E-state index contributed by atoms with van der Waals surface area (Å²) in [4.78, 5) is 27.6. The van der Waals surface area contributed by atoms with Crippen molar-refractivity contribution in [1.82, 2.24) is 34.0 Å². The zero-order valence-corrected chi connectivity index (χ0v) is 28.1. The Morgan fingerprint density at radius 3 is 2.63 bits per heavy atom. The molecule has 0 radical (unpaired) electrons. The van der Waals surface area contributed by atoms with E-state index >= 15 is 0 Å². The Hall–Kier alpha value is -2.68. The highest BCUT2D eigenvalue weighted by molar-refractivity contribution is 9.10. The number of ether oxygens (including phenoxy) is 1. The van der Waals surface area contributed by atoms with E-state index in [1.807, 2.05) is 45.2 Å². The number of para-hydroxylation sites is 1. The van der Waals surface area contributed by atoms with Gasteiger partial charge in [0.25, 0.3) is 0 Å². The summed E-state index contributed by atoms with van der Waals surface area (Å²) in [5, 5.41) is 18.3. The Labute approximate surface area is 254 Å². The highest BCUT2D eigenvalue weighted by Crippen LogP contribution is 2.25. The molecule has 0 saturated carbocycles. The van der Waals surface area contributed by atoms with Gasteiger partial charge in [0.05, 0.1) is 28.2 Å². The zero-order chi connectivity index (χ0) is 29.9. The zero-order valence-electron chi connectivity index (χ0n) is 24.7. The van der Waals surface area contributed by atoms with E-state index in [4.69, 9.17) is 9.72 Å². The lowest BCUT2D eigenvalue weighted by molar-refractivity contribution is 0.0877. The van der Waals surface area contributed by atoms with E-state index in [9.17, 15) is 9.90 Å². The molecule has 222 valence electrons. The molecule has 0 aliphatic carbocycles. The molecule has 3 heterocycles. The van der Waals surface area contributed by atoms with Crippen molar-refractivity contribution in [3.8, 4) is 0 Å². The fourth-order valence-corrected chi connectivity index (χ4v) is 5.92. The lowest BCUT2D eigenvalue weighted by atomic mass is 10.0. The molecule has 0 saturated heterocycles. The number of anilines is 1. The SMILES string of the molecule is CSc1nc(NCc2nc3cccc(CCN(C(=O)O)C(C)(C)C)c3n2COCC[Si](C)(C)C)n2ncc(Br)c2n1. The minimum Gasteiger partial charge on any atom is -0.465 e. The maximum Gasteiger partial charge on any atom is 0.407 e. The molecule has 2 N–H and O–H groups in total. The van der Waals surface area contributed by atoms with E-state index in [-0.39, 0.29) is 0 Å². The number of carbonyl (C=O) groups is 1. The lowest BCUT2D eigenvalue weighted by Gasteiger charge is -2.33. The first-order valence-electron chi connectivity index (χ1n) is 13.5. The van der Waals surface area contributed by atoms with E-state index in [0.717, 1.165) is 32.9 Å². The molecule has 14 heteroatoms. The van der Waals surface area contributed by atoms with E-state index in [0.29, 0.717) is 49.6 Å². The maximum atomic E-state index is 12.0. The van der Waals surface area contributed by atoms with E-state index < -0.39 is 19.7 Å². The quantitative estimate of drug-likeness (QED) is 0.104. The second kappa shape index (κ2) is 12.7. The fourth-order valence-electron chi connectivity index (χ4n) is 4.46. The van der Waals surface area contributed by atoms with Crippen molar-refractivity contribution in [3.05, 3.63) is 40.3 Å². The van der Waals surface area contributed by atoms with Gasteiger partial charge in [-0.3, -0.25) is 0 Å². The van der Waals surface area contributed by atoms with Crippen LogP contribution in [0.1, 0.15) is 32.2 Å². The summed E-state index contributed by atoms with van der Waals surface area (Å²) in [5.41, 5.74) is 2.99. The Morgan fingerprint density at radius 1 is 1.22 bits per heavy atom. The smallest absolute Gasteiger partial charge is 0.407 e. The van der Waals surface area contributed by atoms with Crippen LogP contribution in [0.4, 0.5) is 10.7 Å². The van der Waals surface area contributed by atoms with Gasteiger partial charge in [0, 0.05) is 26.8 Å². The Bertz CT molecular complexity index is 1530. The van der Waals surface area contributed by atoms with E-state index in [1.165, 1.54) is 16.7 Å². The number of nitrogens with zero attached hydrogens (tertiary/aromatic N) is 7. The van der Waals surface area contributed by atoms with Crippen molar-refractivity contribution in [3.63, 3.8) is 0 Å². The van der Waals surface area contributed by atoms with Crippen molar-refractivity contribution < 1.29 is 14.6 Å². The molecule has 4 rings (SSSR count). The van der Waals surface area contributed by atoms with Gasteiger partial charge in [0.15, 0.2) is 10.8 Å². The van der Waals surface area contributed by atoms with Crippen LogP contribution in [-0.2, 0) is 24.4 Å². The summed E-state index contributed by atoms with van der Waals surface area (Å²) < 4.78 is 10.8. The second-order valence-corrected chi connectivity index (χ2v) is 19.3. The number of aromatic nitrogens is 6. The molecular weight excluding hydrogens is 624 g/mol. The van der Waals surface area contributed by atoms with Crippen LogP contribution >= 0.6 is 27.7 Å². The molecule has 0 aliphatic heterocycles. The van der Waals surface area contributed by atoms with Gasteiger partial charge in [-0.25, -0.2) is 14.8 Å². The maximum absolute atomic E-state index is 12.0. The highest BCUT2D eigenvalue weighted by atomic mass is 79.9. The average Bonchev–Trinajstić information content (AvgIpc) is 3.44. The summed E-state index contributed by atoms with van der Waals surface area (Å²) in [7, 11) is -1.26.